The molecule has 0 saturated heterocycles. The first-order chi connectivity index (χ1) is 8.70. The summed E-state index contributed by atoms with van der Waals surface area (Å²) in [5, 5.41) is 0. The number of halogens is 1. The SMILES string of the molecule is C/C=C/c1ccccc1Oc1cc(C)c(Br)cn1. The molecule has 92 valence electrons. The summed E-state index contributed by atoms with van der Waals surface area (Å²) in [6.07, 6.45) is 5.76. The lowest BCUT2D eigenvalue weighted by Gasteiger charge is -2.08. The van der Waals surface area contributed by atoms with Gasteiger partial charge >= 0.3 is 0 Å². The van der Waals surface area contributed by atoms with Gasteiger partial charge in [0.05, 0.1) is 0 Å². The van der Waals surface area contributed by atoms with Crippen molar-refractivity contribution in [3.63, 3.8) is 0 Å². The van der Waals surface area contributed by atoms with Crippen molar-refractivity contribution in [1.29, 1.82) is 0 Å². The molecular formula is C15H14BrNO. The number of rotatable bonds is 3. The highest BCUT2D eigenvalue weighted by Crippen LogP contribution is 2.27. The van der Waals surface area contributed by atoms with Crippen LogP contribution >= 0.6 is 15.9 Å². The summed E-state index contributed by atoms with van der Waals surface area (Å²) >= 11 is 3.42. The topological polar surface area (TPSA) is 22.1 Å². The van der Waals surface area contributed by atoms with Crippen LogP contribution in [0.5, 0.6) is 11.6 Å². The van der Waals surface area contributed by atoms with E-state index in [1.54, 1.807) is 6.20 Å². The highest BCUT2D eigenvalue weighted by molar-refractivity contribution is 9.10. The maximum atomic E-state index is 5.81. The first-order valence-corrected chi connectivity index (χ1v) is 6.51. The fourth-order valence-electron chi connectivity index (χ4n) is 1.57. The summed E-state index contributed by atoms with van der Waals surface area (Å²) in [5.74, 6) is 1.41. The number of hydrogen-bond donors (Lipinski definition) is 0. The molecule has 1 heterocycles. The molecule has 2 rings (SSSR count). The molecule has 0 aliphatic rings. The Bertz CT molecular complexity index is 578. The lowest BCUT2D eigenvalue weighted by molar-refractivity contribution is 0.461. The monoisotopic (exact) mass is 303 g/mol. The Morgan fingerprint density at radius 2 is 2.06 bits per heavy atom. The van der Waals surface area contributed by atoms with Crippen molar-refractivity contribution in [3.8, 4) is 11.6 Å². The second-order valence-corrected chi connectivity index (χ2v) is 4.77. The van der Waals surface area contributed by atoms with E-state index in [9.17, 15) is 0 Å². The van der Waals surface area contributed by atoms with E-state index in [1.165, 1.54) is 0 Å². The van der Waals surface area contributed by atoms with Crippen molar-refractivity contribution >= 4 is 22.0 Å². The largest absolute Gasteiger partial charge is 0.438 e. The van der Waals surface area contributed by atoms with E-state index >= 15 is 0 Å². The van der Waals surface area contributed by atoms with Gasteiger partial charge in [-0.05, 0) is 41.4 Å². The number of pyridine rings is 1. The number of nitrogens with zero attached hydrogens (tertiary/aromatic N) is 1. The van der Waals surface area contributed by atoms with Gasteiger partial charge in [0, 0.05) is 22.3 Å². The Kier molecular flexibility index (Phi) is 4.15. The molecule has 2 aromatic rings. The van der Waals surface area contributed by atoms with Crippen LogP contribution in [0.3, 0.4) is 0 Å². The zero-order chi connectivity index (χ0) is 13.0. The molecule has 0 fully saturated rings. The van der Waals surface area contributed by atoms with Crippen molar-refractivity contribution in [3.05, 3.63) is 58.2 Å². The Hall–Kier alpha value is -1.61. The average Bonchev–Trinajstić information content (AvgIpc) is 2.37. The summed E-state index contributed by atoms with van der Waals surface area (Å²) in [7, 11) is 0. The molecule has 0 spiro atoms. The third kappa shape index (κ3) is 2.99. The van der Waals surface area contributed by atoms with Gasteiger partial charge in [-0.3, -0.25) is 0 Å². The van der Waals surface area contributed by atoms with Gasteiger partial charge in [-0.25, -0.2) is 4.98 Å². The van der Waals surface area contributed by atoms with Crippen LogP contribution in [-0.4, -0.2) is 4.98 Å². The summed E-state index contributed by atoms with van der Waals surface area (Å²) in [5.41, 5.74) is 2.14. The molecule has 0 N–H and O–H groups in total. The molecule has 0 atom stereocenters. The summed E-state index contributed by atoms with van der Waals surface area (Å²) in [6.45, 7) is 4.00. The third-order valence-electron chi connectivity index (χ3n) is 2.50. The third-order valence-corrected chi connectivity index (χ3v) is 3.33. The maximum absolute atomic E-state index is 5.81. The second kappa shape index (κ2) is 5.83. The molecular weight excluding hydrogens is 290 g/mol. The van der Waals surface area contributed by atoms with Gasteiger partial charge in [0.25, 0.3) is 0 Å². The quantitative estimate of drug-likeness (QED) is 0.798. The summed E-state index contributed by atoms with van der Waals surface area (Å²) in [6, 6.07) is 9.81. The molecule has 0 bridgehead atoms. The molecule has 0 aliphatic carbocycles. The molecule has 2 nitrogen and oxygen atoms in total. The molecule has 0 unspecified atom stereocenters. The zero-order valence-corrected chi connectivity index (χ0v) is 11.9. The van der Waals surface area contributed by atoms with Crippen molar-refractivity contribution in [2.75, 3.05) is 0 Å². The number of allylic oxidation sites excluding steroid dienone is 1. The zero-order valence-electron chi connectivity index (χ0n) is 10.4. The minimum atomic E-state index is 0.604. The molecule has 0 amide bonds. The highest BCUT2D eigenvalue weighted by Gasteiger charge is 2.04. The van der Waals surface area contributed by atoms with Crippen LogP contribution in [0.1, 0.15) is 18.1 Å². The fraction of sp³-hybridized carbons (Fsp3) is 0.133. The lowest BCUT2D eigenvalue weighted by atomic mass is 10.2. The van der Waals surface area contributed by atoms with Crippen LogP contribution in [-0.2, 0) is 0 Å². The molecule has 3 heteroatoms. The van der Waals surface area contributed by atoms with Crippen LogP contribution in [0.2, 0.25) is 0 Å². The van der Waals surface area contributed by atoms with Crippen molar-refractivity contribution in [2.45, 2.75) is 13.8 Å². The average molecular weight is 304 g/mol. The van der Waals surface area contributed by atoms with E-state index in [4.69, 9.17) is 4.74 Å². The number of ether oxygens (including phenoxy) is 1. The van der Waals surface area contributed by atoms with E-state index in [-0.39, 0.29) is 0 Å². The van der Waals surface area contributed by atoms with Gasteiger partial charge in [-0.15, -0.1) is 0 Å². The van der Waals surface area contributed by atoms with Crippen LogP contribution in [0.15, 0.2) is 47.1 Å². The van der Waals surface area contributed by atoms with Crippen LogP contribution in [0.25, 0.3) is 6.08 Å². The molecule has 1 aromatic carbocycles. The fourth-order valence-corrected chi connectivity index (χ4v) is 1.79. The first-order valence-electron chi connectivity index (χ1n) is 5.72. The van der Waals surface area contributed by atoms with Crippen molar-refractivity contribution in [1.82, 2.24) is 4.98 Å². The van der Waals surface area contributed by atoms with Crippen LogP contribution < -0.4 is 4.74 Å². The van der Waals surface area contributed by atoms with Gasteiger partial charge in [0.2, 0.25) is 5.88 Å². The van der Waals surface area contributed by atoms with Gasteiger partial charge < -0.3 is 4.74 Å². The molecule has 18 heavy (non-hydrogen) atoms. The standard InChI is InChI=1S/C15H14BrNO/c1-3-6-12-7-4-5-8-14(12)18-15-9-11(2)13(16)10-17-15/h3-10H,1-2H3/b6-3+. The highest BCUT2D eigenvalue weighted by atomic mass is 79.9. The van der Waals surface area contributed by atoms with Gasteiger partial charge in [0.1, 0.15) is 5.75 Å². The summed E-state index contributed by atoms with van der Waals surface area (Å²) in [4.78, 5) is 4.24. The normalized spacial score (nSPS) is 10.8. The van der Waals surface area contributed by atoms with Crippen molar-refractivity contribution < 1.29 is 4.74 Å². The predicted molar refractivity (Wildman–Crippen MR) is 77.9 cm³/mol. The van der Waals surface area contributed by atoms with Crippen LogP contribution in [0.4, 0.5) is 0 Å². The maximum Gasteiger partial charge on any atom is 0.219 e. The first kappa shape index (κ1) is 12.8. The Morgan fingerprint density at radius 3 is 2.78 bits per heavy atom. The Labute approximate surface area is 115 Å². The van der Waals surface area contributed by atoms with Gasteiger partial charge in [0.15, 0.2) is 0 Å². The molecule has 1 aromatic heterocycles. The Balaban J connectivity index is 2.31. The van der Waals surface area contributed by atoms with Gasteiger partial charge in [-0.1, -0.05) is 30.4 Å². The summed E-state index contributed by atoms with van der Waals surface area (Å²) < 4.78 is 6.80. The predicted octanol–water partition coefficient (Wildman–Crippen LogP) is 4.98. The van der Waals surface area contributed by atoms with E-state index in [2.05, 4.69) is 20.9 Å². The molecule has 0 saturated carbocycles. The molecule has 0 radical (unpaired) electrons. The smallest absolute Gasteiger partial charge is 0.219 e. The number of aromatic nitrogens is 1. The lowest BCUT2D eigenvalue weighted by Crippen LogP contribution is -1.91. The minimum Gasteiger partial charge on any atom is -0.438 e. The van der Waals surface area contributed by atoms with Crippen molar-refractivity contribution in [2.24, 2.45) is 0 Å². The second-order valence-electron chi connectivity index (χ2n) is 3.91. The minimum absolute atomic E-state index is 0.604. The number of para-hydroxylation sites is 1. The van der Waals surface area contributed by atoms with E-state index in [1.807, 2.05) is 56.3 Å². The van der Waals surface area contributed by atoms with Crippen LogP contribution in [0, 0.1) is 6.92 Å². The number of hydrogen-bond acceptors (Lipinski definition) is 2. The molecule has 0 aliphatic heterocycles. The van der Waals surface area contributed by atoms with E-state index < -0.39 is 0 Å². The van der Waals surface area contributed by atoms with E-state index in [0.717, 1.165) is 21.3 Å². The number of aryl methyl sites for hydroxylation is 1. The van der Waals surface area contributed by atoms with Gasteiger partial charge in [-0.2, -0.15) is 0 Å². The number of benzene rings is 1. The Morgan fingerprint density at radius 1 is 1.28 bits per heavy atom. The van der Waals surface area contributed by atoms with E-state index in [0.29, 0.717) is 5.88 Å².